The second-order valence-electron chi connectivity index (χ2n) is 7.95. The lowest BCUT2D eigenvalue weighted by molar-refractivity contribution is -0.135. The van der Waals surface area contributed by atoms with Gasteiger partial charge in [-0.2, -0.15) is 0 Å². The standard InChI is InChI=1S/C23H37N3O5/c1-5-30-15-7-12-24-22(28)18-10-13-26(14-11-18)20(27)9-8-19-16(3)21(25-17(19)4)23(29)31-6-2/h18,25H,5-15H2,1-4H3,(H,24,28). The van der Waals surface area contributed by atoms with Gasteiger partial charge < -0.3 is 24.7 Å². The minimum absolute atomic E-state index is 0.0301. The largest absolute Gasteiger partial charge is 0.461 e. The molecule has 0 aliphatic carbocycles. The number of carbonyl (C=O) groups excluding carboxylic acids is 3. The Kier molecular flexibility index (Phi) is 10.0. The molecule has 1 aromatic rings. The number of rotatable bonds is 11. The van der Waals surface area contributed by atoms with Gasteiger partial charge in [0.15, 0.2) is 0 Å². The highest BCUT2D eigenvalue weighted by Gasteiger charge is 2.27. The maximum absolute atomic E-state index is 12.7. The van der Waals surface area contributed by atoms with Crippen molar-refractivity contribution in [2.45, 2.75) is 59.8 Å². The summed E-state index contributed by atoms with van der Waals surface area (Å²) < 4.78 is 10.4. The number of esters is 1. The van der Waals surface area contributed by atoms with E-state index in [9.17, 15) is 14.4 Å². The summed E-state index contributed by atoms with van der Waals surface area (Å²) in [6, 6.07) is 0. The van der Waals surface area contributed by atoms with E-state index in [2.05, 4.69) is 10.3 Å². The fourth-order valence-corrected chi connectivity index (χ4v) is 4.03. The van der Waals surface area contributed by atoms with Gasteiger partial charge in [0.25, 0.3) is 0 Å². The minimum Gasteiger partial charge on any atom is -0.461 e. The number of hydrogen-bond donors (Lipinski definition) is 2. The van der Waals surface area contributed by atoms with Crippen LogP contribution in [0.1, 0.15) is 66.8 Å². The lowest BCUT2D eigenvalue weighted by Gasteiger charge is -2.31. The van der Waals surface area contributed by atoms with E-state index in [4.69, 9.17) is 9.47 Å². The maximum atomic E-state index is 12.7. The number of amides is 2. The molecule has 2 amide bonds. The Bertz CT molecular complexity index is 751. The fraction of sp³-hybridized carbons (Fsp3) is 0.696. The average Bonchev–Trinajstić information content (AvgIpc) is 3.05. The van der Waals surface area contributed by atoms with E-state index >= 15 is 0 Å². The molecular weight excluding hydrogens is 398 g/mol. The van der Waals surface area contributed by atoms with Crippen LogP contribution in [0.5, 0.6) is 0 Å². The van der Waals surface area contributed by atoms with Crippen molar-refractivity contribution in [3.8, 4) is 0 Å². The predicted octanol–water partition coefficient (Wildman–Crippen LogP) is 2.52. The quantitative estimate of drug-likeness (QED) is 0.411. The van der Waals surface area contributed by atoms with Crippen molar-refractivity contribution in [2.24, 2.45) is 5.92 Å². The molecule has 1 fully saturated rings. The number of aromatic amines is 1. The molecule has 31 heavy (non-hydrogen) atoms. The van der Waals surface area contributed by atoms with E-state index in [1.165, 1.54) is 0 Å². The minimum atomic E-state index is -0.362. The van der Waals surface area contributed by atoms with E-state index < -0.39 is 0 Å². The Morgan fingerprint density at radius 2 is 1.84 bits per heavy atom. The molecule has 0 saturated carbocycles. The van der Waals surface area contributed by atoms with Crippen LogP contribution in [0.3, 0.4) is 0 Å². The second-order valence-corrected chi connectivity index (χ2v) is 7.95. The number of aryl methyl sites for hydroxylation is 1. The molecule has 0 spiro atoms. The highest BCUT2D eigenvalue weighted by molar-refractivity contribution is 5.90. The van der Waals surface area contributed by atoms with Crippen LogP contribution < -0.4 is 5.32 Å². The summed E-state index contributed by atoms with van der Waals surface area (Å²) in [4.78, 5) is 42.0. The zero-order valence-corrected chi connectivity index (χ0v) is 19.3. The highest BCUT2D eigenvalue weighted by atomic mass is 16.5. The third-order valence-corrected chi connectivity index (χ3v) is 5.85. The molecule has 174 valence electrons. The predicted molar refractivity (Wildman–Crippen MR) is 118 cm³/mol. The molecule has 1 aliphatic heterocycles. The number of aromatic nitrogens is 1. The van der Waals surface area contributed by atoms with E-state index in [0.717, 1.165) is 23.2 Å². The van der Waals surface area contributed by atoms with Gasteiger partial charge in [0.2, 0.25) is 11.8 Å². The zero-order valence-electron chi connectivity index (χ0n) is 19.3. The molecule has 1 aliphatic rings. The van der Waals surface area contributed by atoms with Crippen LogP contribution in [0.4, 0.5) is 0 Å². The van der Waals surface area contributed by atoms with E-state index in [1.807, 2.05) is 25.7 Å². The lowest BCUT2D eigenvalue weighted by atomic mass is 9.95. The van der Waals surface area contributed by atoms with Crippen molar-refractivity contribution in [3.63, 3.8) is 0 Å². The molecule has 0 atom stereocenters. The van der Waals surface area contributed by atoms with Crippen LogP contribution in [-0.4, -0.2) is 67.1 Å². The van der Waals surface area contributed by atoms with E-state index in [-0.39, 0.29) is 23.7 Å². The molecule has 2 rings (SSSR count). The summed E-state index contributed by atoms with van der Waals surface area (Å²) in [5.41, 5.74) is 3.21. The average molecular weight is 436 g/mol. The van der Waals surface area contributed by atoms with E-state index in [0.29, 0.717) is 70.8 Å². The lowest BCUT2D eigenvalue weighted by Crippen LogP contribution is -2.43. The number of H-pyrrole nitrogens is 1. The van der Waals surface area contributed by atoms with Crippen molar-refractivity contribution >= 4 is 17.8 Å². The molecular formula is C23H37N3O5. The SMILES string of the molecule is CCOCCCNC(=O)C1CCN(C(=O)CCc2c(C)[nH]c(C(=O)OCC)c2C)CC1. The van der Waals surface area contributed by atoms with Crippen LogP contribution in [0, 0.1) is 19.8 Å². The number of likely N-dealkylation sites (tertiary alicyclic amines) is 1. The Balaban J connectivity index is 1.77. The molecule has 8 heteroatoms. The number of ether oxygens (including phenoxy) is 2. The molecule has 0 unspecified atom stereocenters. The van der Waals surface area contributed by atoms with Gasteiger partial charge in [-0.1, -0.05) is 0 Å². The summed E-state index contributed by atoms with van der Waals surface area (Å²) in [6.45, 7) is 11.0. The van der Waals surface area contributed by atoms with E-state index in [1.54, 1.807) is 6.92 Å². The first kappa shape index (κ1) is 24.9. The van der Waals surface area contributed by atoms with Crippen molar-refractivity contribution < 1.29 is 23.9 Å². The fourth-order valence-electron chi connectivity index (χ4n) is 4.03. The topological polar surface area (TPSA) is 101 Å². The summed E-state index contributed by atoms with van der Waals surface area (Å²) in [7, 11) is 0. The first-order chi connectivity index (χ1) is 14.9. The smallest absolute Gasteiger partial charge is 0.355 e. The zero-order chi connectivity index (χ0) is 22.8. The number of hydrogen-bond acceptors (Lipinski definition) is 5. The van der Waals surface area contributed by atoms with Crippen LogP contribution in [0.15, 0.2) is 0 Å². The van der Waals surface area contributed by atoms with Crippen LogP contribution in [-0.2, 0) is 25.5 Å². The Morgan fingerprint density at radius 3 is 2.48 bits per heavy atom. The van der Waals surface area contributed by atoms with Crippen molar-refractivity contribution in [2.75, 3.05) is 39.5 Å². The maximum Gasteiger partial charge on any atom is 0.355 e. The van der Waals surface area contributed by atoms with Gasteiger partial charge in [0.05, 0.1) is 6.61 Å². The molecule has 0 aromatic carbocycles. The van der Waals surface area contributed by atoms with Gasteiger partial charge in [-0.3, -0.25) is 9.59 Å². The van der Waals surface area contributed by atoms with Crippen LogP contribution in [0.25, 0.3) is 0 Å². The third kappa shape index (κ3) is 7.09. The van der Waals surface area contributed by atoms with Crippen molar-refractivity contribution in [1.82, 2.24) is 15.2 Å². The summed E-state index contributed by atoms with van der Waals surface area (Å²) >= 11 is 0. The second kappa shape index (κ2) is 12.5. The highest BCUT2D eigenvalue weighted by Crippen LogP contribution is 2.22. The van der Waals surface area contributed by atoms with Crippen LogP contribution >= 0.6 is 0 Å². The number of piperidine rings is 1. The molecule has 1 aromatic heterocycles. The van der Waals surface area contributed by atoms with Gasteiger partial charge in [-0.15, -0.1) is 0 Å². The first-order valence-electron chi connectivity index (χ1n) is 11.4. The van der Waals surface area contributed by atoms with Gasteiger partial charge in [-0.05, 0) is 64.5 Å². The Labute approximate surface area is 185 Å². The van der Waals surface area contributed by atoms with Gasteiger partial charge >= 0.3 is 5.97 Å². The summed E-state index contributed by atoms with van der Waals surface area (Å²) in [5.74, 6) is -0.224. The molecule has 2 N–H and O–H groups in total. The number of carbonyl (C=O) groups is 3. The first-order valence-corrected chi connectivity index (χ1v) is 11.4. The van der Waals surface area contributed by atoms with Gasteiger partial charge in [0, 0.05) is 50.9 Å². The number of nitrogens with one attached hydrogen (secondary N) is 2. The molecule has 0 radical (unpaired) electrons. The Morgan fingerprint density at radius 1 is 1.13 bits per heavy atom. The molecule has 8 nitrogen and oxygen atoms in total. The van der Waals surface area contributed by atoms with Gasteiger partial charge in [0.1, 0.15) is 5.69 Å². The number of nitrogens with zero attached hydrogens (tertiary/aromatic N) is 1. The molecule has 0 bridgehead atoms. The molecule has 2 heterocycles. The Hall–Kier alpha value is -2.35. The third-order valence-electron chi connectivity index (χ3n) is 5.85. The normalized spacial score (nSPS) is 14.5. The van der Waals surface area contributed by atoms with Crippen molar-refractivity contribution in [1.29, 1.82) is 0 Å². The monoisotopic (exact) mass is 435 g/mol. The molecule has 1 saturated heterocycles. The summed E-state index contributed by atoms with van der Waals surface area (Å²) in [6.07, 6.45) is 3.16. The van der Waals surface area contributed by atoms with Crippen LogP contribution in [0.2, 0.25) is 0 Å². The van der Waals surface area contributed by atoms with Crippen molar-refractivity contribution in [3.05, 3.63) is 22.5 Å². The van der Waals surface area contributed by atoms with Gasteiger partial charge in [-0.25, -0.2) is 4.79 Å². The summed E-state index contributed by atoms with van der Waals surface area (Å²) in [5, 5.41) is 2.97.